The van der Waals surface area contributed by atoms with Crippen molar-refractivity contribution in [3.8, 4) is 0 Å². The molecule has 1 aliphatic heterocycles. The number of aliphatic carboxylic acids is 1. The Morgan fingerprint density at radius 3 is 2.58 bits per heavy atom. The summed E-state index contributed by atoms with van der Waals surface area (Å²) >= 11 is 0. The Morgan fingerprint density at radius 1 is 1.42 bits per heavy atom. The van der Waals surface area contributed by atoms with E-state index >= 15 is 0 Å². The van der Waals surface area contributed by atoms with E-state index in [1.165, 1.54) is 0 Å². The van der Waals surface area contributed by atoms with Gasteiger partial charge in [0.25, 0.3) is 0 Å². The van der Waals surface area contributed by atoms with Crippen LogP contribution in [0.2, 0.25) is 0 Å². The molecular weight excluding hydrogens is 248 g/mol. The van der Waals surface area contributed by atoms with E-state index in [2.05, 4.69) is 5.32 Å². The molecule has 1 unspecified atom stereocenters. The highest BCUT2D eigenvalue weighted by Crippen LogP contribution is 2.16. The highest BCUT2D eigenvalue weighted by atomic mass is 16.5. The van der Waals surface area contributed by atoms with Gasteiger partial charge in [-0.3, -0.25) is 0 Å². The number of urea groups is 1. The minimum Gasteiger partial charge on any atom is -0.480 e. The van der Waals surface area contributed by atoms with Gasteiger partial charge in [0.15, 0.2) is 0 Å². The molecule has 0 radical (unpaired) electrons. The monoisotopic (exact) mass is 272 g/mol. The Bertz CT molecular complexity index is 329. The van der Waals surface area contributed by atoms with E-state index in [9.17, 15) is 14.7 Å². The van der Waals surface area contributed by atoms with Gasteiger partial charge in [0.2, 0.25) is 0 Å². The van der Waals surface area contributed by atoms with Crippen molar-refractivity contribution >= 4 is 12.0 Å². The van der Waals surface area contributed by atoms with E-state index < -0.39 is 11.5 Å². The minimum atomic E-state index is -1.17. The molecule has 0 aliphatic carbocycles. The van der Waals surface area contributed by atoms with Crippen LogP contribution in [0.4, 0.5) is 4.79 Å². The standard InChI is InChI=1S/C13H24N2O4/c1-4-13(5-2,11(16)17)14-12(18)15-7-6-8-19-10(3)9-15/h10H,4-9H2,1-3H3,(H,14,18)(H,16,17). The Kier molecular flexibility index (Phi) is 5.60. The van der Waals surface area contributed by atoms with Crippen LogP contribution in [-0.4, -0.2) is 53.3 Å². The van der Waals surface area contributed by atoms with Gasteiger partial charge in [0, 0.05) is 19.7 Å². The van der Waals surface area contributed by atoms with Gasteiger partial charge in [-0.05, 0) is 26.2 Å². The van der Waals surface area contributed by atoms with E-state index in [4.69, 9.17) is 4.74 Å². The Balaban J connectivity index is 2.73. The van der Waals surface area contributed by atoms with E-state index in [0.717, 1.165) is 6.42 Å². The summed E-state index contributed by atoms with van der Waals surface area (Å²) in [7, 11) is 0. The van der Waals surface area contributed by atoms with E-state index in [1.807, 2.05) is 6.92 Å². The zero-order valence-corrected chi connectivity index (χ0v) is 11.9. The van der Waals surface area contributed by atoms with E-state index in [1.54, 1.807) is 18.7 Å². The fourth-order valence-corrected chi connectivity index (χ4v) is 2.25. The summed E-state index contributed by atoms with van der Waals surface area (Å²) in [5, 5.41) is 12.0. The largest absolute Gasteiger partial charge is 0.480 e. The first-order valence-corrected chi connectivity index (χ1v) is 6.87. The molecule has 1 saturated heterocycles. The number of hydrogen-bond donors (Lipinski definition) is 2. The molecule has 2 N–H and O–H groups in total. The lowest BCUT2D eigenvalue weighted by Crippen LogP contribution is -2.57. The normalized spacial score (nSPS) is 20.8. The average molecular weight is 272 g/mol. The maximum atomic E-state index is 12.2. The lowest BCUT2D eigenvalue weighted by atomic mass is 9.93. The molecule has 0 spiro atoms. The zero-order chi connectivity index (χ0) is 14.5. The van der Waals surface area contributed by atoms with Gasteiger partial charge in [0.05, 0.1) is 6.10 Å². The summed E-state index contributed by atoms with van der Waals surface area (Å²) in [6, 6.07) is -0.316. The van der Waals surface area contributed by atoms with Crippen LogP contribution in [0.25, 0.3) is 0 Å². The molecular formula is C13H24N2O4. The molecule has 6 nitrogen and oxygen atoms in total. The first-order chi connectivity index (χ1) is 8.95. The van der Waals surface area contributed by atoms with Crippen molar-refractivity contribution in [3.05, 3.63) is 0 Å². The third-order valence-corrected chi connectivity index (χ3v) is 3.70. The second-order valence-corrected chi connectivity index (χ2v) is 5.01. The number of ether oxygens (including phenoxy) is 1. The SMILES string of the molecule is CCC(CC)(NC(=O)N1CCCOC(C)C1)C(=O)O. The molecule has 2 amide bonds. The summed E-state index contributed by atoms with van der Waals surface area (Å²) in [6.07, 6.45) is 1.49. The van der Waals surface area contributed by atoms with E-state index in [0.29, 0.717) is 32.5 Å². The molecule has 0 saturated carbocycles. The lowest BCUT2D eigenvalue weighted by molar-refractivity contribution is -0.144. The summed E-state index contributed by atoms with van der Waals surface area (Å²) < 4.78 is 5.48. The van der Waals surface area contributed by atoms with Crippen LogP contribution in [-0.2, 0) is 9.53 Å². The molecule has 1 rings (SSSR count). The van der Waals surface area contributed by atoms with Gasteiger partial charge in [-0.1, -0.05) is 13.8 Å². The Labute approximate surface area is 114 Å². The quantitative estimate of drug-likeness (QED) is 0.812. The second kappa shape index (κ2) is 6.75. The Hall–Kier alpha value is -1.30. The number of carboxylic acids is 1. The minimum absolute atomic E-state index is 0.0178. The highest BCUT2D eigenvalue weighted by molar-refractivity contribution is 5.86. The van der Waals surface area contributed by atoms with Gasteiger partial charge < -0.3 is 20.1 Å². The summed E-state index contributed by atoms with van der Waals surface area (Å²) in [4.78, 5) is 25.2. The number of rotatable bonds is 4. The molecule has 110 valence electrons. The molecule has 1 fully saturated rings. The van der Waals surface area contributed by atoms with Crippen molar-refractivity contribution in [1.29, 1.82) is 0 Å². The summed E-state index contributed by atoms with van der Waals surface area (Å²) in [5.74, 6) is -0.982. The maximum absolute atomic E-state index is 12.2. The number of nitrogens with one attached hydrogen (secondary N) is 1. The number of carboxylic acid groups (broad SMARTS) is 1. The molecule has 0 bridgehead atoms. The van der Waals surface area contributed by atoms with Crippen LogP contribution in [0.3, 0.4) is 0 Å². The molecule has 1 atom stereocenters. The van der Waals surface area contributed by atoms with Gasteiger partial charge >= 0.3 is 12.0 Å². The van der Waals surface area contributed by atoms with E-state index in [-0.39, 0.29) is 12.1 Å². The lowest BCUT2D eigenvalue weighted by Gasteiger charge is -2.32. The topological polar surface area (TPSA) is 78.9 Å². The zero-order valence-electron chi connectivity index (χ0n) is 11.9. The number of hydrogen-bond acceptors (Lipinski definition) is 3. The van der Waals surface area contributed by atoms with Crippen LogP contribution in [0.15, 0.2) is 0 Å². The van der Waals surface area contributed by atoms with Crippen molar-refractivity contribution in [3.63, 3.8) is 0 Å². The fraction of sp³-hybridized carbons (Fsp3) is 0.846. The van der Waals surface area contributed by atoms with Gasteiger partial charge in [-0.15, -0.1) is 0 Å². The average Bonchev–Trinajstić information content (AvgIpc) is 2.60. The highest BCUT2D eigenvalue weighted by Gasteiger charge is 2.37. The second-order valence-electron chi connectivity index (χ2n) is 5.01. The van der Waals surface area contributed by atoms with Crippen molar-refractivity contribution < 1.29 is 19.4 Å². The number of nitrogens with zero attached hydrogens (tertiary/aromatic N) is 1. The summed E-state index contributed by atoms with van der Waals surface area (Å²) in [5.41, 5.74) is -1.17. The molecule has 0 aromatic heterocycles. The van der Waals surface area contributed by atoms with Gasteiger partial charge in [-0.25, -0.2) is 9.59 Å². The first kappa shape index (κ1) is 15.8. The third-order valence-electron chi connectivity index (χ3n) is 3.70. The van der Waals surface area contributed by atoms with Crippen LogP contribution in [0, 0.1) is 0 Å². The van der Waals surface area contributed by atoms with Gasteiger partial charge in [0.1, 0.15) is 5.54 Å². The van der Waals surface area contributed by atoms with Crippen molar-refractivity contribution in [1.82, 2.24) is 10.2 Å². The third kappa shape index (κ3) is 3.83. The van der Waals surface area contributed by atoms with Crippen molar-refractivity contribution in [2.24, 2.45) is 0 Å². The van der Waals surface area contributed by atoms with Crippen LogP contribution >= 0.6 is 0 Å². The predicted octanol–water partition coefficient (Wildman–Crippen LogP) is 1.45. The number of carbonyl (C=O) groups is 2. The van der Waals surface area contributed by atoms with Crippen LogP contribution in [0.1, 0.15) is 40.0 Å². The number of carbonyl (C=O) groups excluding carboxylic acids is 1. The smallest absolute Gasteiger partial charge is 0.329 e. The molecule has 0 aromatic rings. The maximum Gasteiger partial charge on any atom is 0.329 e. The molecule has 1 aliphatic rings. The van der Waals surface area contributed by atoms with Crippen LogP contribution < -0.4 is 5.32 Å². The summed E-state index contributed by atoms with van der Waals surface area (Å²) in [6.45, 7) is 7.18. The molecule has 1 heterocycles. The molecule has 6 heteroatoms. The van der Waals surface area contributed by atoms with Gasteiger partial charge in [-0.2, -0.15) is 0 Å². The first-order valence-electron chi connectivity index (χ1n) is 6.87. The fourth-order valence-electron chi connectivity index (χ4n) is 2.25. The van der Waals surface area contributed by atoms with Crippen molar-refractivity contribution in [2.75, 3.05) is 19.7 Å². The number of amides is 2. The molecule has 0 aromatic carbocycles. The molecule has 19 heavy (non-hydrogen) atoms. The Morgan fingerprint density at radius 2 is 2.05 bits per heavy atom. The predicted molar refractivity (Wildman–Crippen MR) is 71.1 cm³/mol. The van der Waals surface area contributed by atoms with Crippen molar-refractivity contribution in [2.45, 2.75) is 51.7 Å². The van der Waals surface area contributed by atoms with Crippen LogP contribution in [0.5, 0.6) is 0 Å².